The van der Waals surface area contributed by atoms with Crippen LogP contribution in [0.3, 0.4) is 0 Å². The van der Waals surface area contributed by atoms with Gasteiger partial charge in [0.15, 0.2) is 5.78 Å². The predicted molar refractivity (Wildman–Crippen MR) is 75.0 cm³/mol. The van der Waals surface area contributed by atoms with Gasteiger partial charge < -0.3 is 9.47 Å². The maximum absolute atomic E-state index is 11.8. The third-order valence-electron chi connectivity index (χ3n) is 3.88. The second-order valence-corrected chi connectivity index (χ2v) is 5.15. The molecule has 1 aliphatic rings. The fourth-order valence-corrected chi connectivity index (χ4v) is 2.85. The van der Waals surface area contributed by atoms with Crippen LogP contribution < -0.4 is 4.74 Å². The van der Waals surface area contributed by atoms with Gasteiger partial charge in [-0.15, -0.1) is 0 Å². The number of carbonyl (C=O) groups is 1. The Hall–Kier alpha value is -1.35. The van der Waals surface area contributed by atoms with Crippen molar-refractivity contribution in [1.82, 2.24) is 0 Å². The minimum absolute atomic E-state index is 0.00371. The highest BCUT2D eigenvalue weighted by Gasteiger charge is 2.20. The summed E-state index contributed by atoms with van der Waals surface area (Å²) in [4.78, 5) is 11.8. The molecule has 1 aromatic rings. The lowest BCUT2D eigenvalue weighted by molar-refractivity contribution is 0.0847. The Morgan fingerprint density at radius 3 is 2.58 bits per heavy atom. The summed E-state index contributed by atoms with van der Waals surface area (Å²) in [6.07, 6.45) is 6.36. The molecule has 1 fully saturated rings. The number of hydrogen-bond donors (Lipinski definition) is 0. The van der Waals surface area contributed by atoms with Gasteiger partial charge >= 0.3 is 0 Å². The van der Waals surface area contributed by atoms with Crippen molar-refractivity contribution in [2.45, 2.75) is 38.0 Å². The number of methoxy groups -OCH3 is 2. The summed E-state index contributed by atoms with van der Waals surface area (Å²) in [7, 11) is 3.21. The molecular weight excluding hydrogens is 240 g/mol. The summed E-state index contributed by atoms with van der Waals surface area (Å²) in [6, 6.07) is 5.80. The molecule has 0 radical (unpaired) electrons. The fraction of sp³-hybridized carbons (Fsp3) is 0.562. The van der Waals surface area contributed by atoms with Crippen molar-refractivity contribution >= 4 is 5.78 Å². The van der Waals surface area contributed by atoms with Crippen LogP contribution >= 0.6 is 0 Å². The lowest BCUT2D eigenvalue weighted by Crippen LogP contribution is -2.10. The molecule has 0 bridgehead atoms. The summed E-state index contributed by atoms with van der Waals surface area (Å²) in [6.45, 7) is 0.117. The Labute approximate surface area is 114 Å². The van der Waals surface area contributed by atoms with Crippen molar-refractivity contribution in [2.75, 3.05) is 20.8 Å². The van der Waals surface area contributed by atoms with E-state index in [0.717, 1.165) is 5.75 Å². The zero-order chi connectivity index (χ0) is 13.7. The van der Waals surface area contributed by atoms with Gasteiger partial charge in [0.1, 0.15) is 12.4 Å². The van der Waals surface area contributed by atoms with Crippen molar-refractivity contribution in [3.63, 3.8) is 0 Å². The summed E-state index contributed by atoms with van der Waals surface area (Å²) in [5.74, 6) is 1.42. The Kier molecular flexibility index (Phi) is 4.97. The van der Waals surface area contributed by atoms with E-state index in [-0.39, 0.29) is 12.4 Å². The van der Waals surface area contributed by atoms with Gasteiger partial charge in [-0.25, -0.2) is 0 Å². The number of Topliss-reactive ketones (excluding diaryl/α,β-unsaturated/α-hetero) is 1. The van der Waals surface area contributed by atoms with E-state index in [0.29, 0.717) is 11.5 Å². The van der Waals surface area contributed by atoms with E-state index >= 15 is 0 Å². The second-order valence-electron chi connectivity index (χ2n) is 5.15. The molecule has 0 heterocycles. The highest BCUT2D eigenvalue weighted by molar-refractivity contribution is 5.97. The quantitative estimate of drug-likeness (QED) is 0.761. The smallest absolute Gasteiger partial charge is 0.188 e. The Morgan fingerprint density at radius 1 is 1.21 bits per heavy atom. The standard InChI is InChI=1S/C16H22O3/c1-18-11-15(17)13-8-9-14(16(10-13)19-2)12-6-4-3-5-7-12/h8-10,12H,3-7,11H2,1-2H3. The minimum Gasteiger partial charge on any atom is -0.496 e. The molecule has 3 nitrogen and oxygen atoms in total. The molecule has 104 valence electrons. The Bertz CT molecular complexity index is 434. The van der Waals surface area contributed by atoms with Crippen molar-refractivity contribution < 1.29 is 14.3 Å². The van der Waals surface area contributed by atoms with Crippen LogP contribution in [0.4, 0.5) is 0 Å². The average molecular weight is 262 g/mol. The molecule has 0 unspecified atom stereocenters. The molecule has 1 aromatic carbocycles. The first-order valence-electron chi connectivity index (χ1n) is 6.96. The van der Waals surface area contributed by atoms with Gasteiger partial charge in [0.2, 0.25) is 0 Å². The highest BCUT2D eigenvalue weighted by atomic mass is 16.5. The normalized spacial score (nSPS) is 16.3. The first kappa shape index (κ1) is 14.1. The van der Waals surface area contributed by atoms with Gasteiger partial charge in [0, 0.05) is 12.7 Å². The fourth-order valence-electron chi connectivity index (χ4n) is 2.85. The second kappa shape index (κ2) is 6.71. The molecule has 1 aliphatic carbocycles. The van der Waals surface area contributed by atoms with E-state index in [1.165, 1.54) is 44.8 Å². The third-order valence-corrected chi connectivity index (χ3v) is 3.88. The highest BCUT2D eigenvalue weighted by Crippen LogP contribution is 2.37. The summed E-state index contributed by atoms with van der Waals surface area (Å²) in [5, 5.41) is 0. The Balaban J connectivity index is 2.22. The molecule has 0 atom stereocenters. The molecule has 0 aromatic heterocycles. The maximum Gasteiger partial charge on any atom is 0.188 e. The third kappa shape index (κ3) is 3.35. The minimum atomic E-state index is -0.00371. The molecule has 19 heavy (non-hydrogen) atoms. The molecule has 2 rings (SSSR count). The largest absolute Gasteiger partial charge is 0.496 e. The van der Waals surface area contributed by atoms with E-state index in [4.69, 9.17) is 9.47 Å². The van der Waals surface area contributed by atoms with Gasteiger partial charge in [0.05, 0.1) is 7.11 Å². The van der Waals surface area contributed by atoms with Crippen molar-refractivity contribution in [3.8, 4) is 5.75 Å². The average Bonchev–Trinajstić information content (AvgIpc) is 2.47. The molecule has 0 saturated heterocycles. The summed E-state index contributed by atoms with van der Waals surface area (Å²) < 4.78 is 10.4. The van der Waals surface area contributed by atoms with Crippen LogP contribution in [0.15, 0.2) is 18.2 Å². The van der Waals surface area contributed by atoms with Crippen LogP contribution in [0, 0.1) is 0 Å². The van der Waals surface area contributed by atoms with Crippen LogP contribution in [0.5, 0.6) is 5.75 Å². The first-order chi connectivity index (χ1) is 9.26. The molecule has 0 aliphatic heterocycles. The molecule has 1 saturated carbocycles. The maximum atomic E-state index is 11.8. The topological polar surface area (TPSA) is 35.5 Å². The summed E-state index contributed by atoms with van der Waals surface area (Å²) >= 11 is 0. The van der Waals surface area contributed by atoms with Gasteiger partial charge in [0.25, 0.3) is 0 Å². The van der Waals surface area contributed by atoms with Crippen LogP contribution in [-0.4, -0.2) is 26.6 Å². The van der Waals surface area contributed by atoms with Gasteiger partial charge in [-0.2, -0.15) is 0 Å². The molecule has 0 N–H and O–H groups in total. The van der Waals surface area contributed by atoms with Gasteiger partial charge in [-0.1, -0.05) is 31.4 Å². The number of ketones is 1. The molecule has 0 spiro atoms. The number of benzene rings is 1. The van der Waals surface area contributed by atoms with E-state index in [2.05, 4.69) is 6.07 Å². The predicted octanol–water partition coefficient (Wildman–Crippen LogP) is 3.57. The van der Waals surface area contributed by atoms with E-state index in [1.807, 2.05) is 12.1 Å². The van der Waals surface area contributed by atoms with E-state index in [1.54, 1.807) is 7.11 Å². The van der Waals surface area contributed by atoms with E-state index < -0.39 is 0 Å². The van der Waals surface area contributed by atoms with E-state index in [9.17, 15) is 4.79 Å². The number of carbonyl (C=O) groups excluding carboxylic acids is 1. The Morgan fingerprint density at radius 2 is 1.95 bits per heavy atom. The molecule has 0 amide bonds. The van der Waals surface area contributed by atoms with Crippen LogP contribution in [-0.2, 0) is 4.74 Å². The molecule has 3 heteroatoms. The van der Waals surface area contributed by atoms with Crippen molar-refractivity contribution in [3.05, 3.63) is 29.3 Å². The zero-order valence-electron chi connectivity index (χ0n) is 11.8. The molecular formula is C16H22O3. The van der Waals surface area contributed by atoms with Crippen LogP contribution in [0.1, 0.15) is 53.9 Å². The van der Waals surface area contributed by atoms with Crippen LogP contribution in [0.2, 0.25) is 0 Å². The van der Waals surface area contributed by atoms with Gasteiger partial charge in [-0.05, 0) is 30.4 Å². The SMILES string of the molecule is COCC(=O)c1ccc(C2CCCCC2)c(OC)c1. The van der Waals surface area contributed by atoms with Gasteiger partial charge in [-0.3, -0.25) is 4.79 Å². The van der Waals surface area contributed by atoms with Crippen LogP contribution in [0.25, 0.3) is 0 Å². The number of rotatable bonds is 5. The monoisotopic (exact) mass is 262 g/mol. The van der Waals surface area contributed by atoms with Crippen molar-refractivity contribution in [2.24, 2.45) is 0 Å². The van der Waals surface area contributed by atoms with Crippen molar-refractivity contribution in [1.29, 1.82) is 0 Å². The summed E-state index contributed by atoms with van der Waals surface area (Å²) in [5.41, 5.74) is 1.91. The number of hydrogen-bond acceptors (Lipinski definition) is 3. The number of ether oxygens (including phenoxy) is 2. The lowest BCUT2D eigenvalue weighted by atomic mass is 9.83. The zero-order valence-corrected chi connectivity index (χ0v) is 11.8. The first-order valence-corrected chi connectivity index (χ1v) is 6.96. The lowest BCUT2D eigenvalue weighted by Gasteiger charge is -2.24.